The molecule has 0 aromatic carbocycles. The van der Waals surface area contributed by atoms with Crippen molar-refractivity contribution >= 4 is 11.9 Å². The Morgan fingerprint density at radius 3 is 2.00 bits per heavy atom. The van der Waals surface area contributed by atoms with Crippen molar-refractivity contribution in [3.8, 4) is 0 Å². The molecule has 2 rings (SSSR count). The van der Waals surface area contributed by atoms with E-state index in [-0.39, 0.29) is 0 Å². The van der Waals surface area contributed by atoms with Gasteiger partial charge in [-0.05, 0) is 37.1 Å². The lowest BCUT2D eigenvalue weighted by Gasteiger charge is -2.14. The van der Waals surface area contributed by atoms with Gasteiger partial charge in [0.2, 0.25) is 0 Å². The van der Waals surface area contributed by atoms with E-state index in [1.165, 1.54) is 12.8 Å². The Kier molecular flexibility index (Phi) is 3.85. The number of allylic oxidation sites excluding steroid dienone is 2. The van der Waals surface area contributed by atoms with Crippen LogP contribution in [0.1, 0.15) is 12.8 Å². The molecule has 0 aliphatic heterocycles. The number of hydrogen-bond donors (Lipinski definition) is 3. The minimum atomic E-state index is -1.82. The zero-order chi connectivity index (χ0) is 11.4. The Morgan fingerprint density at radius 1 is 1.20 bits per heavy atom. The van der Waals surface area contributed by atoms with Crippen LogP contribution in [-0.4, -0.2) is 28.7 Å². The van der Waals surface area contributed by atoms with E-state index >= 15 is 0 Å². The summed E-state index contributed by atoms with van der Waals surface area (Å²) >= 11 is 0. The van der Waals surface area contributed by atoms with Crippen molar-refractivity contribution in [1.29, 1.82) is 0 Å². The van der Waals surface area contributed by atoms with Gasteiger partial charge >= 0.3 is 11.9 Å². The second kappa shape index (κ2) is 4.93. The summed E-state index contributed by atoms with van der Waals surface area (Å²) in [5.41, 5.74) is 5.59. The van der Waals surface area contributed by atoms with Crippen molar-refractivity contribution in [2.75, 3.05) is 6.54 Å². The first-order chi connectivity index (χ1) is 7.04. The molecule has 0 amide bonds. The molecule has 0 heterocycles. The van der Waals surface area contributed by atoms with Gasteiger partial charge in [-0.3, -0.25) is 0 Å². The van der Waals surface area contributed by atoms with Crippen LogP contribution in [0.15, 0.2) is 12.2 Å². The number of hydrogen-bond acceptors (Lipinski definition) is 3. The fourth-order valence-corrected chi connectivity index (χ4v) is 2.17. The lowest BCUT2D eigenvalue weighted by atomic mass is 9.94. The van der Waals surface area contributed by atoms with E-state index in [0.717, 1.165) is 24.3 Å². The minimum absolute atomic E-state index is 0.819. The highest BCUT2D eigenvalue weighted by atomic mass is 16.4. The lowest BCUT2D eigenvalue weighted by Crippen LogP contribution is -2.17. The van der Waals surface area contributed by atoms with E-state index < -0.39 is 11.9 Å². The van der Waals surface area contributed by atoms with E-state index in [0.29, 0.717) is 0 Å². The fraction of sp³-hybridized carbons (Fsp3) is 0.600. The van der Waals surface area contributed by atoms with Crippen LogP contribution in [0.2, 0.25) is 0 Å². The molecule has 5 heteroatoms. The third kappa shape index (κ3) is 3.06. The summed E-state index contributed by atoms with van der Waals surface area (Å²) in [6, 6.07) is 0. The molecule has 15 heavy (non-hydrogen) atoms. The Balaban J connectivity index is 0.000000167. The number of rotatable bonds is 1. The first-order valence-electron chi connectivity index (χ1n) is 4.89. The number of carboxylic acid groups (broad SMARTS) is 2. The third-order valence-electron chi connectivity index (χ3n) is 2.90. The van der Waals surface area contributed by atoms with Gasteiger partial charge < -0.3 is 15.9 Å². The number of aliphatic carboxylic acids is 2. The summed E-state index contributed by atoms with van der Waals surface area (Å²) in [7, 11) is 0. The summed E-state index contributed by atoms with van der Waals surface area (Å²) in [6.07, 6.45) is 7.46. The molecular formula is C10H15NO4. The zero-order valence-electron chi connectivity index (χ0n) is 8.30. The average molecular weight is 213 g/mol. The highest BCUT2D eigenvalue weighted by Gasteiger charge is 2.34. The molecule has 0 aromatic heterocycles. The van der Waals surface area contributed by atoms with Crippen LogP contribution < -0.4 is 5.73 Å². The van der Waals surface area contributed by atoms with Gasteiger partial charge in [0.25, 0.3) is 0 Å². The first-order valence-corrected chi connectivity index (χ1v) is 4.89. The summed E-state index contributed by atoms with van der Waals surface area (Å²) in [4.78, 5) is 18.2. The molecule has 5 nitrogen and oxygen atoms in total. The summed E-state index contributed by atoms with van der Waals surface area (Å²) in [5.74, 6) is -1.09. The second-order valence-electron chi connectivity index (χ2n) is 3.89. The molecule has 1 fully saturated rings. The van der Waals surface area contributed by atoms with Crippen LogP contribution in [0.25, 0.3) is 0 Å². The molecule has 0 spiro atoms. The molecule has 4 N–H and O–H groups in total. The Hall–Kier alpha value is -1.36. The van der Waals surface area contributed by atoms with Crippen LogP contribution in [0, 0.1) is 17.8 Å². The number of fused-ring (bicyclic) bond motifs is 2. The number of carbonyl (C=O) groups is 2. The molecule has 2 bridgehead atoms. The summed E-state index contributed by atoms with van der Waals surface area (Å²) in [6.45, 7) is 0.894. The smallest absolute Gasteiger partial charge is 0.414 e. The highest BCUT2D eigenvalue weighted by molar-refractivity contribution is 6.27. The normalized spacial score (nSPS) is 30.9. The van der Waals surface area contributed by atoms with Gasteiger partial charge in [-0.2, -0.15) is 0 Å². The molecule has 2 aliphatic rings. The SMILES string of the molecule is NC[C@@H]1C[C@H]2C=C[C@@H]1C2.O=C(O)C(=O)O. The van der Waals surface area contributed by atoms with Crippen molar-refractivity contribution in [3.05, 3.63) is 12.2 Å². The zero-order valence-corrected chi connectivity index (χ0v) is 8.30. The molecule has 0 aromatic rings. The van der Waals surface area contributed by atoms with Crippen molar-refractivity contribution in [2.45, 2.75) is 12.8 Å². The Labute approximate surface area is 87.6 Å². The van der Waals surface area contributed by atoms with E-state index in [4.69, 9.17) is 25.5 Å². The predicted molar refractivity (Wildman–Crippen MR) is 53.2 cm³/mol. The van der Waals surface area contributed by atoms with Gasteiger partial charge in [-0.1, -0.05) is 12.2 Å². The topological polar surface area (TPSA) is 101 Å². The van der Waals surface area contributed by atoms with E-state index in [1.807, 2.05) is 0 Å². The molecule has 0 saturated heterocycles. The largest absolute Gasteiger partial charge is 0.473 e. The van der Waals surface area contributed by atoms with Crippen LogP contribution in [0.5, 0.6) is 0 Å². The maximum absolute atomic E-state index is 9.10. The summed E-state index contributed by atoms with van der Waals surface area (Å²) in [5, 5.41) is 14.8. The van der Waals surface area contributed by atoms with Crippen LogP contribution in [-0.2, 0) is 9.59 Å². The van der Waals surface area contributed by atoms with Crippen molar-refractivity contribution in [1.82, 2.24) is 0 Å². The maximum atomic E-state index is 9.10. The highest BCUT2D eigenvalue weighted by Crippen LogP contribution is 2.42. The van der Waals surface area contributed by atoms with Crippen LogP contribution >= 0.6 is 0 Å². The molecule has 0 unspecified atom stereocenters. The van der Waals surface area contributed by atoms with Gasteiger partial charge in [0, 0.05) is 0 Å². The molecule has 1 saturated carbocycles. The van der Waals surface area contributed by atoms with Gasteiger partial charge in [0.05, 0.1) is 0 Å². The second-order valence-corrected chi connectivity index (χ2v) is 3.89. The molecule has 3 atom stereocenters. The molecule has 2 aliphatic carbocycles. The predicted octanol–water partition coefficient (Wildman–Crippen LogP) is 0.313. The third-order valence-corrected chi connectivity index (χ3v) is 2.90. The lowest BCUT2D eigenvalue weighted by molar-refractivity contribution is -0.159. The molecule has 0 radical (unpaired) electrons. The quantitative estimate of drug-likeness (QED) is 0.430. The summed E-state index contributed by atoms with van der Waals surface area (Å²) < 4.78 is 0. The van der Waals surface area contributed by atoms with Crippen molar-refractivity contribution in [3.63, 3.8) is 0 Å². The number of carboxylic acids is 2. The molecule has 84 valence electrons. The Bertz CT molecular complexity index is 275. The van der Waals surface area contributed by atoms with Gasteiger partial charge in [0.1, 0.15) is 0 Å². The van der Waals surface area contributed by atoms with E-state index in [9.17, 15) is 0 Å². The average Bonchev–Trinajstić information content (AvgIpc) is 2.79. The fourth-order valence-electron chi connectivity index (χ4n) is 2.17. The van der Waals surface area contributed by atoms with Crippen molar-refractivity contribution < 1.29 is 19.8 Å². The van der Waals surface area contributed by atoms with Gasteiger partial charge in [-0.15, -0.1) is 0 Å². The van der Waals surface area contributed by atoms with Gasteiger partial charge in [-0.25, -0.2) is 9.59 Å². The van der Waals surface area contributed by atoms with Crippen LogP contribution in [0.3, 0.4) is 0 Å². The van der Waals surface area contributed by atoms with Crippen LogP contribution in [0.4, 0.5) is 0 Å². The molecular weight excluding hydrogens is 198 g/mol. The number of nitrogens with two attached hydrogens (primary N) is 1. The minimum Gasteiger partial charge on any atom is -0.473 e. The van der Waals surface area contributed by atoms with E-state index in [2.05, 4.69) is 12.2 Å². The first kappa shape index (κ1) is 11.7. The Morgan fingerprint density at radius 2 is 1.80 bits per heavy atom. The maximum Gasteiger partial charge on any atom is 0.414 e. The standard InChI is InChI=1S/C8H13N.C2H2O4/c9-5-8-4-6-1-2-7(8)3-6;3-1(4)2(5)6/h1-2,6-8H,3-5,9H2;(H,3,4)(H,5,6)/t6-,7+,8-;/m0./s1. The van der Waals surface area contributed by atoms with Gasteiger partial charge in [0.15, 0.2) is 0 Å². The monoisotopic (exact) mass is 213 g/mol. The van der Waals surface area contributed by atoms with E-state index in [1.54, 1.807) is 0 Å². The van der Waals surface area contributed by atoms with Crippen molar-refractivity contribution in [2.24, 2.45) is 23.5 Å².